The third-order valence-electron chi connectivity index (χ3n) is 4.00. The topological polar surface area (TPSA) is 42.2 Å². The lowest BCUT2D eigenvalue weighted by molar-refractivity contribution is -0.119. The lowest BCUT2D eigenvalue weighted by Gasteiger charge is -2.28. The Hall–Kier alpha value is -2.03. The number of nitrogens with one attached hydrogen (secondary N) is 1. The summed E-state index contributed by atoms with van der Waals surface area (Å²) in [6, 6.07) is 14.1. The van der Waals surface area contributed by atoms with Gasteiger partial charge in [-0.1, -0.05) is 30.3 Å². The van der Waals surface area contributed by atoms with Gasteiger partial charge in [-0.15, -0.1) is 0 Å². The van der Waals surface area contributed by atoms with Gasteiger partial charge in [-0.3, -0.25) is 4.79 Å². The minimum absolute atomic E-state index is 0.0774. The number of amides is 1. The van der Waals surface area contributed by atoms with Crippen LogP contribution in [-0.2, 0) is 16.6 Å². The monoisotopic (exact) mass is 255 g/mol. The molecule has 1 aromatic carbocycles. The molecule has 1 aliphatic heterocycles. The molecular formula is C16H17NO2. The summed E-state index contributed by atoms with van der Waals surface area (Å²) in [5.41, 5.74) is 0.962. The first-order valence-electron chi connectivity index (χ1n) is 6.56. The number of hydrogen-bond donors (Lipinski definition) is 1. The largest absolute Gasteiger partial charge is 0.469 e. The van der Waals surface area contributed by atoms with Crippen molar-refractivity contribution >= 4 is 5.91 Å². The SMILES string of the molecule is CC1(c2ccco2)CC(=O)NC1Cc1ccccc1. The van der Waals surface area contributed by atoms with E-state index in [0.29, 0.717) is 6.42 Å². The molecule has 1 N–H and O–H groups in total. The number of rotatable bonds is 3. The van der Waals surface area contributed by atoms with Crippen LogP contribution in [0.4, 0.5) is 0 Å². The van der Waals surface area contributed by atoms with E-state index in [2.05, 4.69) is 24.4 Å². The normalized spacial score (nSPS) is 26.4. The molecule has 3 rings (SSSR count). The fourth-order valence-electron chi connectivity index (χ4n) is 2.85. The second kappa shape index (κ2) is 4.57. The lowest BCUT2D eigenvalue weighted by Crippen LogP contribution is -2.39. The molecule has 1 aliphatic rings. The second-order valence-corrected chi connectivity index (χ2v) is 5.38. The van der Waals surface area contributed by atoms with Crippen LogP contribution in [0.2, 0.25) is 0 Å². The predicted octanol–water partition coefficient (Wildman–Crippen LogP) is 2.67. The molecule has 1 saturated heterocycles. The minimum Gasteiger partial charge on any atom is -0.469 e. The Kier molecular flexibility index (Phi) is 2.90. The Bertz CT molecular complexity index is 562. The molecule has 0 bridgehead atoms. The molecule has 3 nitrogen and oxygen atoms in total. The van der Waals surface area contributed by atoms with Crippen LogP contribution in [0.15, 0.2) is 53.1 Å². The van der Waals surface area contributed by atoms with E-state index in [4.69, 9.17) is 4.42 Å². The molecular weight excluding hydrogens is 238 g/mol. The van der Waals surface area contributed by atoms with E-state index in [1.165, 1.54) is 5.56 Å². The lowest BCUT2D eigenvalue weighted by atomic mass is 9.77. The maximum atomic E-state index is 11.8. The molecule has 19 heavy (non-hydrogen) atoms. The highest BCUT2D eigenvalue weighted by Crippen LogP contribution is 2.37. The average molecular weight is 255 g/mol. The molecule has 0 saturated carbocycles. The van der Waals surface area contributed by atoms with Crippen molar-refractivity contribution in [3.8, 4) is 0 Å². The van der Waals surface area contributed by atoms with Gasteiger partial charge in [0.2, 0.25) is 5.91 Å². The first-order chi connectivity index (χ1) is 9.18. The molecule has 98 valence electrons. The Morgan fingerprint density at radius 2 is 2.05 bits per heavy atom. The van der Waals surface area contributed by atoms with Crippen molar-refractivity contribution in [2.24, 2.45) is 0 Å². The number of hydrogen-bond acceptors (Lipinski definition) is 2. The van der Waals surface area contributed by atoms with E-state index < -0.39 is 0 Å². The summed E-state index contributed by atoms with van der Waals surface area (Å²) in [4.78, 5) is 11.8. The summed E-state index contributed by atoms with van der Waals surface area (Å²) in [5.74, 6) is 0.978. The molecule has 1 amide bonds. The predicted molar refractivity (Wildman–Crippen MR) is 72.8 cm³/mol. The van der Waals surface area contributed by atoms with Crippen molar-refractivity contribution in [1.29, 1.82) is 0 Å². The van der Waals surface area contributed by atoms with Crippen molar-refractivity contribution in [3.05, 3.63) is 60.1 Å². The van der Waals surface area contributed by atoms with Crippen LogP contribution in [0.25, 0.3) is 0 Å². The van der Waals surface area contributed by atoms with E-state index in [9.17, 15) is 4.79 Å². The highest BCUT2D eigenvalue weighted by atomic mass is 16.3. The van der Waals surface area contributed by atoms with Crippen molar-refractivity contribution in [2.75, 3.05) is 0 Å². The minimum atomic E-state index is -0.267. The van der Waals surface area contributed by atoms with E-state index in [1.54, 1.807) is 6.26 Å². The molecule has 1 fully saturated rings. The Morgan fingerprint density at radius 1 is 1.26 bits per heavy atom. The zero-order valence-corrected chi connectivity index (χ0v) is 10.9. The standard InChI is InChI=1S/C16H17NO2/c1-16(14-8-5-9-19-14)11-15(18)17-13(16)10-12-6-3-2-4-7-12/h2-9,13H,10-11H2,1H3,(H,17,18). The zero-order valence-electron chi connectivity index (χ0n) is 10.9. The molecule has 0 radical (unpaired) electrons. The van der Waals surface area contributed by atoms with Crippen LogP contribution in [0.3, 0.4) is 0 Å². The summed E-state index contributed by atoms with van der Waals surface area (Å²) in [5, 5.41) is 3.08. The van der Waals surface area contributed by atoms with Gasteiger partial charge in [0, 0.05) is 12.5 Å². The van der Waals surface area contributed by atoms with Gasteiger partial charge in [-0.05, 0) is 31.0 Å². The molecule has 2 atom stereocenters. The maximum Gasteiger partial charge on any atom is 0.221 e. The van der Waals surface area contributed by atoms with Crippen LogP contribution in [0, 0.1) is 0 Å². The van der Waals surface area contributed by atoms with Crippen molar-refractivity contribution in [2.45, 2.75) is 31.2 Å². The highest BCUT2D eigenvalue weighted by molar-refractivity contribution is 5.81. The van der Waals surface area contributed by atoms with Crippen LogP contribution >= 0.6 is 0 Å². The van der Waals surface area contributed by atoms with Crippen LogP contribution < -0.4 is 5.32 Å². The molecule has 2 unspecified atom stereocenters. The summed E-state index contributed by atoms with van der Waals surface area (Å²) >= 11 is 0. The highest BCUT2D eigenvalue weighted by Gasteiger charge is 2.46. The fourth-order valence-corrected chi connectivity index (χ4v) is 2.85. The Morgan fingerprint density at radius 3 is 2.74 bits per heavy atom. The van der Waals surface area contributed by atoms with E-state index >= 15 is 0 Å². The first kappa shape index (κ1) is 12.0. The molecule has 3 heteroatoms. The van der Waals surface area contributed by atoms with E-state index in [0.717, 1.165) is 12.2 Å². The van der Waals surface area contributed by atoms with Gasteiger partial charge >= 0.3 is 0 Å². The third kappa shape index (κ3) is 2.16. The fraction of sp³-hybridized carbons (Fsp3) is 0.312. The van der Waals surface area contributed by atoms with E-state index in [1.807, 2.05) is 30.3 Å². The number of furan rings is 1. The van der Waals surface area contributed by atoms with Gasteiger partial charge in [0.15, 0.2) is 0 Å². The summed E-state index contributed by atoms with van der Waals surface area (Å²) in [6.07, 6.45) is 2.98. The molecule has 1 aromatic heterocycles. The van der Waals surface area contributed by atoms with Gasteiger partial charge in [-0.2, -0.15) is 0 Å². The summed E-state index contributed by atoms with van der Waals surface area (Å²) in [6.45, 7) is 2.09. The van der Waals surface area contributed by atoms with Gasteiger partial charge in [0.25, 0.3) is 0 Å². The quantitative estimate of drug-likeness (QED) is 0.916. The Balaban J connectivity index is 1.89. The summed E-state index contributed by atoms with van der Waals surface area (Å²) < 4.78 is 5.54. The van der Waals surface area contributed by atoms with Crippen molar-refractivity contribution < 1.29 is 9.21 Å². The molecule has 0 aliphatic carbocycles. The van der Waals surface area contributed by atoms with Crippen LogP contribution in [0.5, 0.6) is 0 Å². The van der Waals surface area contributed by atoms with Gasteiger partial charge in [0.05, 0.1) is 11.7 Å². The second-order valence-electron chi connectivity index (χ2n) is 5.38. The number of carbonyl (C=O) groups is 1. The van der Waals surface area contributed by atoms with Gasteiger partial charge in [0.1, 0.15) is 5.76 Å². The molecule has 2 heterocycles. The van der Waals surface area contributed by atoms with Crippen LogP contribution in [0.1, 0.15) is 24.7 Å². The smallest absolute Gasteiger partial charge is 0.221 e. The number of benzene rings is 1. The molecule has 0 spiro atoms. The zero-order chi connectivity index (χ0) is 13.3. The van der Waals surface area contributed by atoms with Crippen molar-refractivity contribution in [1.82, 2.24) is 5.32 Å². The molecule has 2 aromatic rings. The third-order valence-corrected chi connectivity index (χ3v) is 4.00. The average Bonchev–Trinajstić information content (AvgIpc) is 3.01. The van der Waals surface area contributed by atoms with E-state index in [-0.39, 0.29) is 17.4 Å². The maximum absolute atomic E-state index is 11.8. The summed E-state index contributed by atoms with van der Waals surface area (Å²) in [7, 11) is 0. The van der Waals surface area contributed by atoms with Gasteiger partial charge in [-0.25, -0.2) is 0 Å². The first-order valence-corrected chi connectivity index (χ1v) is 6.56. The van der Waals surface area contributed by atoms with Crippen molar-refractivity contribution in [3.63, 3.8) is 0 Å². The number of carbonyl (C=O) groups excluding carboxylic acids is 1. The van der Waals surface area contributed by atoms with Gasteiger partial charge < -0.3 is 9.73 Å². The Labute approximate surface area is 112 Å². The van der Waals surface area contributed by atoms with Crippen LogP contribution in [-0.4, -0.2) is 11.9 Å².